The molecular formula is C21H18N2O4S. The number of carbonyl (C=O) groups is 3. The van der Waals surface area contributed by atoms with Gasteiger partial charge in [0.15, 0.2) is 5.76 Å². The lowest BCUT2D eigenvalue weighted by Gasteiger charge is -2.31. The van der Waals surface area contributed by atoms with E-state index >= 15 is 0 Å². The summed E-state index contributed by atoms with van der Waals surface area (Å²) in [6.07, 6.45) is 2.29. The van der Waals surface area contributed by atoms with Crippen molar-refractivity contribution in [3.63, 3.8) is 0 Å². The first kappa shape index (κ1) is 17.2. The monoisotopic (exact) mass is 394 g/mol. The zero-order valence-electron chi connectivity index (χ0n) is 15.3. The maximum atomic E-state index is 13.2. The summed E-state index contributed by atoms with van der Waals surface area (Å²) in [4.78, 5) is 40.9. The third-order valence-electron chi connectivity index (χ3n) is 5.74. The van der Waals surface area contributed by atoms with E-state index in [2.05, 4.69) is 5.32 Å². The average Bonchev–Trinajstić information content (AvgIpc) is 3.36. The maximum Gasteiger partial charge on any atom is 0.325 e. The summed E-state index contributed by atoms with van der Waals surface area (Å²) >= 11 is 1.60. The van der Waals surface area contributed by atoms with Gasteiger partial charge in [0.1, 0.15) is 11.1 Å². The van der Waals surface area contributed by atoms with Gasteiger partial charge in [-0.1, -0.05) is 18.2 Å². The Morgan fingerprint density at radius 2 is 2.11 bits per heavy atom. The molecule has 1 N–H and O–H groups in total. The van der Waals surface area contributed by atoms with Crippen molar-refractivity contribution in [1.29, 1.82) is 0 Å². The molecule has 28 heavy (non-hydrogen) atoms. The summed E-state index contributed by atoms with van der Waals surface area (Å²) in [5, 5.41) is 5.67. The Labute approximate surface area is 165 Å². The first-order valence-electron chi connectivity index (χ1n) is 9.23. The molecule has 1 spiro atoms. The van der Waals surface area contributed by atoms with Crippen LogP contribution in [0.15, 0.2) is 40.1 Å². The van der Waals surface area contributed by atoms with Gasteiger partial charge >= 0.3 is 6.03 Å². The summed E-state index contributed by atoms with van der Waals surface area (Å²) in [6, 6.07) is 8.78. The fraction of sp³-hybridized carbons (Fsp3) is 0.286. The lowest BCUT2D eigenvalue weighted by molar-refractivity contribution is -0.131. The summed E-state index contributed by atoms with van der Waals surface area (Å²) in [5.74, 6) is -0.530. The molecule has 3 aromatic rings. The third kappa shape index (κ3) is 2.29. The van der Waals surface area contributed by atoms with Crippen molar-refractivity contribution >= 4 is 40.0 Å². The molecule has 6 nitrogen and oxygen atoms in total. The zero-order chi connectivity index (χ0) is 19.5. The van der Waals surface area contributed by atoms with E-state index in [4.69, 9.17) is 4.42 Å². The van der Waals surface area contributed by atoms with E-state index in [9.17, 15) is 14.4 Å². The van der Waals surface area contributed by atoms with Gasteiger partial charge in [-0.15, -0.1) is 11.3 Å². The van der Waals surface area contributed by atoms with Gasteiger partial charge in [-0.2, -0.15) is 0 Å². The van der Waals surface area contributed by atoms with E-state index in [0.717, 1.165) is 39.1 Å². The Morgan fingerprint density at radius 3 is 2.93 bits per heavy atom. The minimum Gasteiger partial charge on any atom is -0.453 e. The molecule has 142 valence electrons. The van der Waals surface area contributed by atoms with Crippen LogP contribution in [0.25, 0.3) is 11.0 Å². The van der Waals surface area contributed by atoms with E-state index in [0.29, 0.717) is 12.0 Å². The van der Waals surface area contributed by atoms with Gasteiger partial charge < -0.3 is 9.73 Å². The predicted molar refractivity (Wildman–Crippen MR) is 104 cm³/mol. The second-order valence-electron chi connectivity index (χ2n) is 7.31. The van der Waals surface area contributed by atoms with Crippen LogP contribution >= 0.6 is 11.3 Å². The minimum atomic E-state index is -1.03. The Balaban J connectivity index is 1.46. The van der Waals surface area contributed by atoms with Crippen LogP contribution in [0.4, 0.5) is 4.79 Å². The normalized spacial score (nSPS) is 21.4. The molecule has 2 aliphatic rings. The van der Waals surface area contributed by atoms with E-state index in [1.54, 1.807) is 17.4 Å². The van der Waals surface area contributed by atoms with Gasteiger partial charge in [0.25, 0.3) is 5.91 Å². The Kier molecular flexibility index (Phi) is 3.71. The lowest BCUT2D eigenvalue weighted by atomic mass is 9.80. The molecule has 7 heteroatoms. The molecule has 3 amide bonds. The van der Waals surface area contributed by atoms with E-state index < -0.39 is 11.6 Å². The molecule has 3 heterocycles. The number of benzene rings is 1. The zero-order valence-corrected chi connectivity index (χ0v) is 16.1. The first-order valence-corrected chi connectivity index (χ1v) is 10.1. The summed E-state index contributed by atoms with van der Waals surface area (Å²) < 4.78 is 5.70. The number of nitrogens with one attached hydrogen (secondary N) is 1. The molecule has 1 aromatic carbocycles. The van der Waals surface area contributed by atoms with Crippen LogP contribution in [0, 0.1) is 6.92 Å². The van der Waals surface area contributed by atoms with Crippen LogP contribution in [-0.2, 0) is 16.8 Å². The highest BCUT2D eigenvalue weighted by atomic mass is 32.1. The van der Waals surface area contributed by atoms with Crippen molar-refractivity contribution < 1.29 is 18.8 Å². The molecule has 0 bridgehead atoms. The first-order chi connectivity index (χ1) is 13.5. The number of furan rings is 1. The second-order valence-corrected chi connectivity index (χ2v) is 8.31. The van der Waals surface area contributed by atoms with Crippen LogP contribution in [0.1, 0.15) is 39.4 Å². The molecule has 1 atom stereocenters. The number of thiophene rings is 1. The standard InChI is InChI=1S/C21H18N2O4S/c1-12-13-5-2-3-6-16(13)27-18(12)15(24)11-23-19(25)21(22-20(23)26)9-4-7-17-14(21)8-10-28-17/h2-3,5-6,8,10H,4,7,9,11H2,1H3,(H,22,26)/t21-/m0/s1. The fourth-order valence-electron chi connectivity index (χ4n) is 4.34. The van der Waals surface area contributed by atoms with Gasteiger partial charge in [0.2, 0.25) is 5.78 Å². The van der Waals surface area contributed by atoms with E-state index in [1.165, 1.54) is 0 Å². The molecule has 2 aromatic heterocycles. The van der Waals surface area contributed by atoms with Crippen molar-refractivity contribution in [2.24, 2.45) is 0 Å². The second kappa shape index (κ2) is 6.04. The number of imide groups is 1. The number of amides is 3. The number of urea groups is 1. The number of Topliss-reactive ketones (excluding diaryl/α,β-unsaturated/α-hetero) is 1. The summed E-state index contributed by atoms with van der Waals surface area (Å²) in [6.45, 7) is 1.48. The molecular weight excluding hydrogens is 376 g/mol. The Bertz CT molecular complexity index is 1140. The van der Waals surface area contributed by atoms with Gasteiger partial charge in [-0.05, 0) is 43.7 Å². The van der Waals surface area contributed by atoms with Crippen LogP contribution in [-0.4, -0.2) is 29.2 Å². The molecule has 5 rings (SSSR count). The fourth-order valence-corrected chi connectivity index (χ4v) is 5.34. The number of carbonyl (C=O) groups excluding carboxylic acids is 3. The SMILES string of the molecule is Cc1c(C(=O)CN2C(=O)N[C@]3(CCCc4sccc43)C2=O)oc2ccccc12. The van der Waals surface area contributed by atoms with Crippen molar-refractivity contribution in [2.45, 2.75) is 31.7 Å². The topological polar surface area (TPSA) is 79.6 Å². The van der Waals surface area contributed by atoms with Crippen LogP contribution in [0.3, 0.4) is 0 Å². The molecule has 0 saturated carbocycles. The highest BCUT2D eigenvalue weighted by Crippen LogP contribution is 2.42. The summed E-state index contributed by atoms with van der Waals surface area (Å²) in [5.41, 5.74) is 1.18. The molecule has 1 aliphatic carbocycles. The van der Waals surface area contributed by atoms with Crippen LogP contribution in [0.5, 0.6) is 0 Å². The van der Waals surface area contributed by atoms with Gasteiger partial charge in [-0.25, -0.2) is 4.79 Å². The number of nitrogens with zero attached hydrogens (tertiary/aromatic N) is 1. The highest BCUT2D eigenvalue weighted by molar-refractivity contribution is 7.10. The van der Waals surface area contributed by atoms with Gasteiger partial charge in [-0.3, -0.25) is 14.5 Å². The highest BCUT2D eigenvalue weighted by Gasteiger charge is 2.54. The number of aryl methyl sites for hydroxylation is 2. The predicted octanol–water partition coefficient (Wildman–Crippen LogP) is 3.77. The smallest absolute Gasteiger partial charge is 0.325 e. The minimum absolute atomic E-state index is 0.197. The number of hydrogen-bond acceptors (Lipinski definition) is 5. The number of fused-ring (bicyclic) bond motifs is 3. The van der Waals surface area contributed by atoms with Crippen LogP contribution < -0.4 is 5.32 Å². The average molecular weight is 394 g/mol. The quantitative estimate of drug-likeness (QED) is 0.542. The van der Waals surface area contributed by atoms with E-state index in [1.807, 2.05) is 36.6 Å². The Hall–Kier alpha value is -2.93. The van der Waals surface area contributed by atoms with Crippen molar-refractivity contribution in [3.05, 3.63) is 57.5 Å². The van der Waals surface area contributed by atoms with Gasteiger partial charge in [0, 0.05) is 21.4 Å². The Morgan fingerprint density at radius 1 is 1.29 bits per heavy atom. The largest absolute Gasteiger partial charge is 0.453 e. The number of ketones is 1. The van der Waals surface area contributed by atoms with Crippen molar-refractivity contribution in [3.8, 4) is 0 Å². The molecule has 1 aliphatic heterocycles. The number of hydrogen-bond donors (Lipinski definition) is 1. The number of rotatable bonds is 3. The van der Waals surface area contributed by atoms with Crippen molar-refractivity contribution in [2.75, 3.05) is 6.54 Å². The molecule has 0 radical (unpaired) electrons. The number of para-hydroxylation sites is 1. The maximum absolute atomic E-state index is 13.2. The lowest BCUT2D eigenvalue weighted by Crippen LogP contribution is -2.46. The third-order valence-corrected chi connectivity index (χ3v) is 6.72. The van der Waals surface area contributed by atoms with Crippen molar-refractivity contribution in [1.82, 2.24) is 10.2 Å². The molecule has 0 unspecified atom stereocenters. The van der Waals surface area contributed by atoms with Gasteiger partial charge in [0.05, 0.1) is 6.54 Å². The van der Waals surface area contributed by atoms with E-state index in [-0.39, 0.29) is 24.0 Å². The van der Waals surface area contributed by atoms with Crippen LogP contribution in [0.2, 0.25) is 0 Å². The molecule has 1 fully saturated rings. The molecule has 1 saturated heterocycles. The summed E-state index contributed by atoms with van der Waals surface area (Å²) in [7, 11) is 0.